The molecule has 3 aromatic rings. The molecule has 0 spiro atoms. The van der Waals surface area contributed by atoms with Crippen LogP contribution in [0.3, 0.4) is 0 Å². The number of nitrogens with one attached hydrogen (secondary N) is 2. The Morgan fingerprint density at radius 2 is 1.54 bits per heavy atom. The molecule has 0 saturated carbocycles. The first-order chi connectivity index (χ1) is 11.7. The van der Waals surface area contributed by atoms with Gasteiger partial charge in [-0.3, -0.25) is 0 Å². The van der Waals surface area contributed by atoms with Crippen molar-refractivity contribution in [3.63, 3.8) is 0 Å². The normalized spacial score (nSPS) is 10.0. The number of nitrogens with zero attached hydrogens (tertiary/aromatic N) is 3. The zero-order valence-electron chi connectivity index (χ0n) is 12.3. The highest BCUT2D eigenvalue weighted by Crippen LogP contribution is 2.32. The highest BCUT2D eigenvalue weighted by Gasteiger charge is 2.08. The van der Waals surface area contributed by atoms with Gasteiger partial charge in [0.2, 0.25) is 0 Å². The number of hydrogen-bond donors (Lipinski definition) is 2. The average Bonchev–Trinajstić information content (AvgIpc) is 2.59. The third-order valence-electron chi connectivity index (χ3n) is 3.19. The summed E-state index contributed by atoms with van der Waals surface area (Å²) < 4.78 is 0. The van der Waals surface area contributed by atoms with E-state index in [1.54, 1.807) is 42.5 Å². The molecule has 2 N–H and O–H groups in total. The van der Waals surface area contributed by atoms with Gasteiger partial charge in [0, 0.05) is 6.07 Å². The van der Waals surface area contributed by atoms with Crippen LogP contribution in [0.25, 0.3) is 0 Å². The van der Waals surface area contributed by atoms with Crippen molar-refractivity contribution in [3.8, 4) is 6.07 Å². The first-order valence-corrected chi connectivity index (χ1v) is 7.72. The molecule has 0 aliphatic carbocycles. The molecule has 3 rings (SSSR count). The van der Waals surface area contributed by atoms with E-state index in [0.29, 0.717) is 38.6 Å². The lowest BCUT2D eigenvalue weighted by molar-refractivity contribution is 1.17. The van der Waals surface area contributed by atoms with E-state index >= 15 is 0 Å². The Labute approximate surface area is 148 Å². The molecule has 0 aliphatic heterocycles. The number of halogens is 2. The third kappa shape index (κ3) is 3.57. The molecule has 0 radical (unpaired) electrons. The van der Waals surface area contributed by atoms with Gasteiger partial charge in [0.1, 0.15) is 24.0 Å². The maximum atomic E-state index is 9.14. The number of hydrogen-bond acceptors (Lipinski definition) is 5. The van der Waals surface area contributed by atoms with Crippen LogP contribution in [0.5, 0.6) is 0 Å². The van der Waals surface area contributed by atoms with Gasteiger partial charge in [-0.15, -0.1) is 0 Å². The Bertz CT molecular complexity index is 901. The topological polar surface area (TPSA) is 73.6 Å². The number of anilines is 4. The second-order valence-corrected chi connectivity index (χ2v) is 5.61. The Hall–Kier alpha value is -2.81. The Kier molecular flexibility index (Phi) is 4.80. The Balaban J connectivity index is 1.86. The van der Waals surface area contributed by atoms with Gasteiger partial charge in [-0.1, -0.05) is 41.4 Å². The molecule has 1 aromatic heterocycles. The summed E-state index contributed by atoms with van der Waals surface area (Å²) in [5, 5.41) is 16.3. The highest BCUT2D eigenvalue weighted by atomic mass is 35.5. The van der Waals surface area contributed by atoms with Gasteiger partial charge in [-0.25, -0.2) is 9.97 Å². The molecule has 0 atom stereocenters. The van der Waals surface area contributed by atoms with Crippen LogP contribution in [0.15, 0.2) is 54.9 Å². The number of nitriles is 1. The molecule has 1 heterocycles. The summed E-state index contributed by atoms with van der Waals surface area (Å²) in [5.41, 5.74) is 1.77. The molecule has 118 valence electrons. The Morgan fingerprint density at radius 1 is 0.875 bits per heavy atom. The first kappa shape index (κ1) is 16.1. The quantitative estimate of drug-likeness (QED) is 0.677. The van der Waals surface area contributed by atoms with E-state index in [2.05, 4.69) is 26.7 Å². The second-order valence-electron chi connectivity index (χ2n) is 4.79. The zero-order chi connectivity index (χ0) is 16.9. The molecule has 5 nitrogen and oxygen atoms in total. The third-order valence-corrected chi connectivity index (χ3v) is 3.82. The van der Waals surface area contributed by atoms with E-state index in [1.165, 1.54) is 6.33 Å². The molecular formula is C17H11Cl2N5. The summed E-state index contributed by atoms with van der Waals surface area (Å²) in [6.07, 6.45) is 1.41. The van der Waals surface area contributed by atoms with Gasteiger partial charge >= 0.3 is 0 Å². The van der Waals surface area contributed by atoms with Crippen molar-refractivity contribution in [2.24, 2.45) is 0 Å². The van der Waals surface area contributed by atoms with Crippen molar-refractivity contribution in [1.82, 2.24) is 9.97 Å². The van der Waals surface area contributed by atoms with Crippen LogP contribution in [0.1, 0.15) is 5.56 Å². The number of para-hydroxylation sites is 2. The molecule has 0 aliphatic rings. The van der Waals surface area contributed by atoms with Crippen molar-refractivity contribution in [2.75, 3.05) is 10.6 Å². The summed E-state index contributed by atoms with van der Waals surface area (Å²) in [7, 11) is 0. The Morgan fingerprint density at radius 3 is 2.25 bits per heavy atom. The number of benzene rings is 2. The highest BCUT2D eigenvalue weighted by molar-refractivity contribution is 6.39. The fraction of sp³-hybridized carbons (Fsp3) is 0. The smallest absolute Gasteiger partial charge is 0.135 e. The summed E-state index contributed by atoms with van der Waals surface area (Å²) in [6, 6.07) is 16.2. The van der Waals surface area contributed by atoms with E-state index in [-0.39, 0.29) is 0 Å². The molecule has 2 aromatic carbocycles. The van der Waals surface area contributed by atoms with Crippen LogP contribution in [0.4, 0.5) is 23.0 Å². The number of aromatic nitrogens is 2. The van der Waals surface area contributed by atoms with Gasteiger partial charge in [-0.05, 0) is 24.3 Å². The molecular weight excluding hydrogens is 345 g/mol. The molecule has 24 heavy (non-hydrogen) atoms. The van der Waals surface area contributed by atoms with Gasteiger partial charge in [0.15, 0.2) is 0 Å². The van der Waals surface area contributed by atoms with Crippen molar-refractivity contribution in [2.45, 2.75) is 0 Å². The molecule has 0 saturated heterocycles. The van der Waals surface area contributed by atoms with Crippen molar-refractivity contribution in [3.05, 3.63) is 70.5 Å². The molecule has 0 bridgehead atoms. The van der Waals surface area contributed by atoms with Gasteiger partial charge in [0.25, 0.3) is 0 Å². The van der Waals surface area contributed by atoms with Crippen LogP contribution in [-0.4, -0.2) is 9.97 Å². The fourth-order valence-electron chi connectivity index (χ4n) is 2.07. The van der Waals surface area contributed by atoms with E-state index in [0.717, 1.165) is 0 Å². The van der Waals surface area contributed by atoms with Gasteiger partial charge in [0.05, 0.1) is 27.0 Å². The standard InChI is InChI=1S/C17H11Cl2N5/c18-12-5-3-6-13(19)17(12)24-16-8-15(21-10-22-16)23-14-7-2-1-4-11(14)9-20/h1-8,10H,(H2,21,22,23,24). The van der Waals surface area contributed by atoms with Crippen LogP contribution in [0, 0.1) is 11.3 Å². The SMILES string of the molecule is N#Cc1ccccc1Nc1cc(Nc2c(Cl)cccc2Cl)ncn1. The summed E-state index contributed by atoms with van der Waals surface area (Å²) in [5.74, 6) is 1.07. The zero-order valence-corrected chi connectivity index (χ0v) is 13.8. The maximum Gasteiger partial charge on any atom is 0.135 e. The van der Waals surface area contributed by atoms with Crippen LogP contribution in [0.2, 0.25) is 10.0 Å². The lowest BCUT2D eigenvalue weighted by atomic mass is 10.2. The fourth-order valence-corrected chi connectivity index (χ4v) is 2.56. The monoisotopic (exact) mass is 355 g/mol. The predicted molar refractivity (Wildman–Crippen MR) is 96.2 cm³/mol. The summed E-state index contributed by atoms with van der Waals surface area (Å²) in [6.45, 7) is 0. The number of rotatable bonds is 4. The van der Waals surface area contributed by atoms with Gasteiger partial charge < -0.3 is 10.6 Å². The maximum absolute atomic E-state index is 9.14. The van der Waals surface area contributed by atoms with Crippen LogP contribution >= 0.6 is 23.2 Å². The summed E-state index contributed by atoms with van der Waals surface area (Å²) >= 11 is 12.3. The van der Waals surface area contributed by atoms with E-state index in [9.17, 15) is 0 Å². The minimum Gasteiger partial charge on any atom is -0.339 e. The molecule has 0 fully saturated rings. The van der Waals surface area contributed by atoms with E-state index < -0.39 is 0 Å². The molecule has 0 amide bonds. The minimum absolute atomic E-state index is 0.491. The van der Waals surface area contributed by atoms with Crippen LogP contribution < -0.4 is 10.6 Å². The van der Waals surface area contributed by atoms with E-state index in [4.69, 9.17) is 28.5 Å². The summed E-state index contributed by atoms with van der Waals surface area (Å²) in [4.78, 5) is 8.32. The average molecular weight is 356 g/mol. The van der Waals surface area contributed by atoms with Crippen molar-refractivity contribution < 1.29 is 0 Å². The second kappa shape index (κ2) is 7.18. The molecule has 0 unspecified atom stereocenters. The molecule has 7 heteroatoms. The van der Waals surface area contributed by atoms with Crippen LogP contribution in [-0.2, 0) is 0 Å². The van der Waals surface area contributed by atoms with E-state index in [1.807, 2.05) is 6.07 Å². The van der Waals surface area contributed by atoms with Gasteiger partial charge in [-0.2, -0.15) is 5.26 Å². The largest absolute Gasteiger partial charge is 0.339 e. The lowest BCUT2D eigenvalue weighted by Gasteiger charge is -2.11. The first-order valence-electron chi connectivity index (χ1n) is 6.96. The predicted octanol–water partition coefficient (Wildman–Crippen LogP) is 5.14. The minimum atomic E-state index is 0.491. The van der Waals surface area contributed by atoms with Crippen molar-refractivity contribution >= 4 is 46.2 Å². The van der Waals surface area contributed by atoms with Crippen molar-refractivity contribution in [1.29, 1.82) is 5.26 Å². The lowest BCUT2D eigenvalue weighted by Crippen LogP contribution is -2.00.